The van der Waals surface area contributed by atoms with Gasteiger partial charge in [0.2, 0.25) is 0 Å². The van der Waals surface area contributed by atoms with Gasteiger partial charge in [0, 0.05) is 60.5 Å². The van der Waals surface area contributed by atoms with Crippen molar-refractivity contribution < 1.29 is 9.59 Å². The number of piperidine rings is 1. The van der Waals surface area contributed by atoms with Gasteiger partial charge in [-0.1, -0.05) is 6.07 Å². The van der Waals surface area contributed by atoms with E-state index in [1.54, 1.807) is 0 Å². The summed E-state index contributed by atoms with van der Waals surface area (Å²) >= 11 is 0. The number of amides is 2. The van der Waals surface area contributed by atoms with E-state index in [2.05, 4.69) is 41.1 Å². The molecule has 9 heteroatoms. The van der Waals surface area contributed by atoms with Gasteiger partial charge in [0.1, 0.15) is 11.3 Å². The van der Waals surface area contributed by atoms with E-state index in [1.807, 2.05) is 39.9 Å². The summed E-state index contributed by atoms with van der Waals surface area (Å²) in [6.45, 7) is 4.88. The maximum Gasteiger partial charge on any atom is 0.255 e. The summed E-state index contributed by atoms with van der Waals surface area (Å²) in [5.41, 5.74) is 15.4. The first-order valence-electron chi connectivity index (χ1n) is 14.9. The Morgan fingerprint density at radius 3 is 2.81 bits per heavy atom. The molecule has 0 unspecified atom stereocenters. The number of fused-ring (bicyclic) bond motifs is 3. The minimum absolute atomic E-state index is 0.00744. The smallest absolute Gasteiger partial charge is 0.255 e. The molecule has 9 nitrogen and oxygen atoms in total. The number of nitrogens with one attached hydrogen (secondary N) is 1. The minimum Gasteiger partial charge on any atom is -0.348 e. The van der Waals surface area contributed by atoms with Gasteiger partial charge < -0.3 is 20.5 Å². The number of rotatable bonds is 5. The third kappa shape index (κ3) is 4.18. The van der Waals surface area contributed by atoms with Crippen LogP contribution in [0.15, 0.2) is 54.7 Å². The van der Waals surface area contributed by atoms with Gasteiger partial charge in [-0.2, -0.15) is 5.10 Å². The molecule has 1 saturated heterocycles. The summed E-state index contributed by atoms with van der Waals surface area (Å²) < 4.78 is 4.17. The van der Waals surface area contributed by atoms with E-state index in [1.165, 1.54) is 12.8 Å². The van der Waals surface area contributed by atoms with Crippen molar-refractivity contribution in [2.45, 2.75) is 51.7 Å². The molecular formula is C33H33N7O2. The maximum atomic E-state index is 13.3. The molecule has 2 fully saturated rings. The number of nitrogens with two attached hydrogens (primary N) is 1. The minimum atomic E-state index is -0.0158. The largest absolute Gasteiger partial charge is 0.348 e. The fraction of sp³-hybridized carbons (Fsp3) is 0.333. The Labute approximate surface area is 243 Å². The molecule has 5 aromatic rings. The summed E-state index contributed by atoms with van der Waals surface area (Å²) in [5.74, 6) is 0.630. The van der Waals surface area contributed by atoms with Gasteiger partial charge in [-0.15, -0.1) is 0 Å². The second-order valence-electron chi connectivity index (χ2n) is 12.1. The topological polar surface area (TPSA) is 111 Å². The van der Waals surface area contributed by atoms with Crippen molar-refractivity contribution in [3.8, 4) is 22.6 Å². The van der Waals surface area contributed by atoms with Crippen LogP contribution in [0.4, 0.5) is 0 Å². The third-order valence-electron chi connectivity index (χ3n) is 9.08. The van der Waals surface area contributed by atoms with Crippen molar-refractivity contribution in [1.82, 2.24) is 29.4 Å². The van der Waals surface area contributed by atoms with E-state index in [9.17, 15) is 9.59 Å². The number of aromatic nitrogens is 4. The lowest BCUT2D eigenvalue weighted by atomic mass is 10.0. The van der Waals surface area contributed by atoms with Crippen LogP contribution in [0.25, 0.3) is 39.2 Å². The zero-order chi connectivity index (χ0) is 28.5. The molecule has 1 aliphatic carbocycles. The molecule has 0 radical (unpaired) electrons. The van der Waals surface area contributed by atoms with Crippen molar-refractivity contribution in [1.29, 1.82) is 0 Å². The molecule has 1 saturated carbocycles. The standard InChI is InChI=1S/C33H33N7O2/c1-19-28-11-8-23(33(42)38-12-2-3-25(34)18-38)17-40(28)37-30(19)29-14-22-7-10-27(36-31(22)39(29)16-20-4-5-20)21-6-9-26-24(13-21)15-35-32(26)41/h6-11,13-14,17,20,25H,2-5,12,15-16,18,34H2,1H3,(H,35,41)/t25-/m1/s1. The fourth-order valence-electron chi connectivity index (χ4n) is 6.54. The van der Waals surface area contributed by atoms with E-state index in [-0.39, 0.29) is 17.9 Å². The van der Waals surface area contributed by atoms with Crippen LogP contribution < -0.4 is 11.1 Å². The number of likely N-dealkylation sites (tertiary alicyclic amines) is 1. The number of hydrogen-bond acceptors (Lipinski definition) is 5. The van der Waals surface area contributed by atoms with Crippen molar-refractivity contribution in [2.75, 3.05) is 13.1 Å². The second kappa shape index (κ2) is 9.52. The Kier molecular flexibility index (Phi) is 5.72. The molecule has 3 aliphatic rings. The van der Waals surface area contributed by atoms with Crippen molar-refractivity contribution in [3.05, 3.63) is 77.0 Å². The van der Waals surface area contributed by atoms with Crippen LogP contribution in [-0.2, 0) is 13.1 Å². The molecule has 0 bridgehead atoms. The maximum absolute atomic E-state index is 13.3. The van der Waals surface area contributed by atoms with E-state index < -0.39 is 0 Å². The van der Waals surface area contributed by atoms with Gasteiger partial charge in [-0.3, -0.25) is 9.59 Å². The predicted molar refractivity (Wildman–Crippen MR) is 161 cm³/mol. The molecule has 3 N–H and O–H groups in total. The number of carbonyl (C=O) groups excluding carboxylic acids is 2. The summed E-state index contributed by atoms with van der Waals surface area (Å²) in [6, 6.07) is 16.3. The molecule has 4 aromatic heterocycles. The highest BCUT2D eigenvalue weighted by atomic mass is 16.2. The first kappa shape index (κ1) is 25.2. The summed E-state index contributed by atoms with van der Waals surface area (Å²) in [5, 5.41) is 9.00. The number of aryl methyl sites for hydroxylation is 1. The van der Waals surface area contributed by atoms with Crippen LogP contribution in [0, 0.1) is 12.8 Å². The van der Waals surface area contributed by atoms with E-state index in [0.717, 1.165) is 81.8 Å². The third-order valence-corrected chi connectivity index (χ3v) is 9.08. The molecule has 2 amide bonds. The van der Waals surface area contributed by atoms with Gasteiger partial charge in [0.25, 0.3) is 11.8 Å². The average molecular weight is 560 g/mol. The Morgan fingerprint density at radius 1 is 1.10 bits per heavy atom. The Balaban J connectivity index is 1.20. The van der Waals surface area contributed by atoms with E-state index >= 15 is 0 Å². The number of carbonyl (C=O) groups is 2. The fourth-order valence-corrected chi connectivity index (χ4v) is 6.54. The van der Waals surface area contributed by atoms with Gasteiger partial charge in [0.15, 0.2) is 0 Å². The molecule has 212 valence electrons. The van der Waals surface area contributed by atoms with Crippen LogP contribution in [0.1, 0.15) is 57.5 Å². The molecular weight excluding hydrogens is 526 g/mol. The van der Waals surface area contributed by atoms with Crippen molar-refractivity contribution in [3.63, 3.8) is 0 Å². The van der Waals surface area contributed by atoms with E-state index in [4.69, 9.17) is 15.8 Å². The van der Waals surface area contributed by atoms with Crippen molar-refractivity contribution in [2.24, 2.45) is 11.7 Å². The molecule has 42 heavy (non-hydrogen) atoms. The first-order chi connectivity index (χ1) is 20.4. The molecule has 1 aromatic carbocycles. The SMILES string of the molecule is Cc1c(-c2cc3ccc(-c4ccc5c(c4)CNC5=O)nc3n2CC2CC2)nn2cc(C(=O)N3CCC[C@@H](N)C3)ccc12. The zero-order valence-corrected chi connectivity index (χ0v) is 23.6. The Bertz CT molecular complexity index is 1910. The Hall–Kier alpha value is -4.50. The highest BCUT2D eigenvalue weighted by Crippen LogP contribution is 2.37. The van der Waals surface area contributed by atoms with E-state index in [0.29, 0.717) is 24.6 Å². The molecule has 0 spiro atoms. The first-order valence-corrected chi connectivity index (χ1v) is 14.9. The normalized spacial score (nSPS) is 18.6. The highest BCUT2D eigenvalue weighted by molar-refractivity contribution is 5.99. The van der Waals surface area contributed by atoms with Crippen molar-refractivity contribution >= 4 is 28.4 Å². The lowest BCUT2D eigenvalue weighted by Crippen LogP contribution is -2.45. The molecule has 8 rings (SSSR count). The number of benzene rings is 1. The highest BCUT2D eigenvalue weighted by Gasteiger charge is 2.27. The monoisotopic (exact) mass is 559 g/mol. The van der Waals surface area contributed by atoms with Crippen LogP contribution in [0.5, 0.6) is 0 Å². The summed E-state index contributed by atoms with van der Waals surface area (Å²) in [6.07, 6.45) is 6.19. The van der Waals surface area contributed by atoms with Crippen LogP contribution >= 0.6 is 0 Å². The summed E-state index contributed by atoms with van der Waals surface area (Å²) in [7, 11) is 0. The average Bonchev–Trinajstić information content (AvgIpc) is 3.54. The number of nitrogens with zero attached hydrogens (tertiary/aromatic N) is 5. The number of pyridine rings is 2. The van der Waals surface area contributed by atoms with Gasteiger partial charge in [-0.05, 0) is 86.6 Å². The lowest BCUT2D eigenvalue weighted by molar-refractivity contribution is 0.0708. The molecule has 6 heterocycles. The van der Waals surface area contributed by atoms with Gasteiger partial charge >= 0.3 is 0 Å². The van der Waals surface area contributed by atoms with Gasteiger partial charge in [-0.25, -0.2) is 9.50 Å². The summed E-state index contributed by atoms with van der Waals surface area (Å²) in [4.78, 5) is 32.3. The van der Waals surface area contributed by atoms with Crippen LogP contribution in [0.3, 0.4) is 0 Å². The predicted octanol–water partition coefficient (Wildman–Crippen LogP) is 4.54. The quantitative estimate of drug-likeness (QED) is 0.329. The zero-order valence-electron chi connectivity index (χ0n) is 23.6. The lowest BCUT2D eigenvalue weighted by Gasteiger charge is -2.30. The van der Waals surface area contributed by atoms with Crippen LogP contribution in [-0.4, -0.2) is 55.0 Å². The molecule has 1 atom stereocenters. The van der Waals surface area contributed by atoms with Gasteiger partial charge in [0.05, 0.1) is 22.5 Å². The van der Waals surface area contributed by atoms with Crippen LogP contribution in [0.2, 0.25) is 0 Å². The Morgan fingerprint density at radius 2 is 1.98 bits per heavy atom. The number of hydrogen-bond donors (Lipinski definition) is 2. The second-order valence-corrected chi connectivity index (χ2v) is 12.1. The molecule has 2 aliphatic heterocycles.